The quantitative estimate of drug-likeness (QED) is 0.137. The number of carbonyl (C=O) groups is 5. The second kappa shape index (κ2) is 12.6. The average Bonchev–Trinajstić information content (AvgIpc) is 2.53. The van der Waals surface area contributed by atoms with Crippen LogP contribution in [0.5, 0.6) is 0 Å². The third kappa shape index (κ3) is 10.7. The fourth-order valence-corrected chi connectivity index (χ4v) is 2.21. The highest BCUT2D eigenvalue weighted by Crippen LogP contribution is 2.08. The molecule has 0 aliphatic rings. The van der Waals surface area contributed by atoms with Gasteiger partial charge in [0.1, 0.15) is 0 Å². The van der Waals surface area contributed by atoms with Crippen LogP contribution in [0, 0.1) is 0 Å². The van der Waals surface area contributed by atoms with Crippen LogP contribution in [0.4, 0.5) is 0 Å². The summed E-state index contributed by atoms with van der Waals surface area (Å²) in [5.41, 5.74) is 5.25. The third-order valence-corrected chi connectivity index (χ3v) is 3.42. The maximum absolute atomic E-state index is 11.7. The fraction of sp³-hybridized carbons (Fsp3) is 0.643. The number of nitrogens with one attached hydrogen (secondary N) is 2. The number of amides is 1. The molecule has 1 amide bonds. The average molecular weight is 392 g/mol. The summed E-state index contributed by atoms with van der Waals surface area (Å²) in [5, 5.41) is 40.4. The van der Waals surface area contributed by atoms with Crippen LogP contribution in [-0.2, 0) is 24.0 Å². The summed E-state index contributed by atoms with van der Waals surface area (Å²) in [5.74, 6) is -6.40. The fourth-order valence-electron chi connectivity index (χ4n) is 2.21. The lowest BCUT2D eigenvalue weighted by Crippen LogP contribution is -2.52. The van der Waals surface area contributed by atoms with E-state index in [0.29, 0.717) is 0 Å². The maximum atomic E-state index is 11.7. The Labute approximate surface area is 154 Å². The lowest BCUT2D eigenvalue weighted by atomic mass is 10.1. The number of hydrogen-bond acceptors (Lipinski definition) is 8. The summed E-state index contributed by atoms with van der Waals surface area (Å²) >= 11 is 0. The molecule has 1 atom stereocenters. The van der Waals surface area contributed by atoms with E-state index in [2.05, 4.69) is 10.6 Å². The van der Waals surface area contributed by atoms with Crippen molar-refractivity contribution in [2.45, 2.75) is 24.9 Å². The van der Waals surface area contributed by atoms with Gasteiger partial charge in [-0.2, -0.15) is 0 Å². The smallest absolute Gasteiger partial charge is 0.332 e. The summed E-state index contributed by atoms with van der Waals surface area (Å²) < 4.78 is 0. The minimum Gasteiger partial charge on any atom is -0.480 e. The van der Waals surface area contributed by atoms with Crippen molar-refractivity contribution >= 4 is 29.8 Å². The molecular weight excluding hydrogens is 368 g/mol. The number of carboxylic acids is 4. The van der Waals surface area contributed by atoms with Gasteiger partial charge in [0.05, 0.1) is 13.1 Å². The van der Waals surface area contributed by atoms with E-state index in [9.17, 15) is 24.0 Å². The zero-order valence-corrected chi connectivity index (χ0v) is 14.5. The molecule has 154 valence electrons. The van der Waals surface area contributed by atoms with Crippen molar-refractivity contribution in [2.75, 3.05) is 32.7 Å². The number of carboxylic acid groups (broad SMARTS) is 4. The third-order valence-electron chi connectivity index (χ3n) is 3.42. The molecule has 0 heterocycles. The Morgan fingerprint density at radius 3 is 1.85 bits per heavy atom. The van der Waals surface area contributed by atoms with Crippen molar-refractivity contribution < 1.29 is 44.4 Å². The van der Waals surface area contributed by atoms with Gasteiger partial charge < -0.3 is 31.5 Å². The number of carbonyl (C=O) groups excluding carboxylic acids is 1. The van der Waals surface area contributed by atoms with Crippen LogP contribution in [-0.4, -0.2) is 99.9 Å². The van der Waals surface area contributed by atoms with Gasteiger partial charge in [-0.3, -0.25) is 24.6 Å². The molecule has 0 aliphatic heterocycles. The molecular formula is C14H24N4O9. The normalized spacial score (nSPS) is 12.0. The van der Waals surface area contributed by atoms with Gasteiger partial charge in [-0.05, 0) is 6.42 Å². The summed E-state index contributed by atoms with van der Waals surface area (Å²) in [6.07, 6.45) is -0.150. The molecule has 0 aromatic heterocycles. The molecule has 0 aromatic carbocycles. The lowest BCUT2D eigenvalue weighted by Gasteiger charge is -2.30. The van der Waals surface area contributed by atoms with Crippen molar-refractivity contribution in [3.05, 3.63) is 0 Å². The highest BCUT2D eigenvalue weighted by atomic mass is 16.4. The first-order valence-corrected chi connectivity index (χ1v) is 7.91. The SMILES string of the molecule is NCCNC(=O)CCC(CNC(C(=O)O)C(=O)O)N(CC(=O)O)CC(=O)O. The van der Waals surface area contributed by atoms with E-state index < -0.39 is 55.0 Å². The molecule has 27 heavy (non-hydrogen) atoms. The maximum Gasteiger partial charge on any atom is 0.332 e. The van der Waals surface area contributed by atoms with E-state index in [0.717, 1.165) is 4.90 Å². The second-order valence-corrected chi connectivity index (χ2v) is 5.54. The van der Waals surface area contributed by atoms with Crippen molar-refractivity contribution in [3.63, 3.8) is 0 Å². The van der Waals surface area contributed by atoms with Crippen LogP contribution < -0.4 is 16.4 Å². The Morgan fingerprint density at radius 2 is 1.44 bits per heavy atom. The van der Waals surface area contributed by atoms with Gasteiger partial charge in [-0.15, -0.1) is 0 Å². The number of aliphatic carboxylic acids is 4. The van der Waals surface area contributed by atoms with Crippen LogP contribution in [0.2, 0.25) is 0 Å². The summed E-state index contributed by atoms with van der Waals surface area (Å²) in [6, 6.07) is -2.88. The van der Waals surface area contributed by atoms with Crippen molar-refractivity contribution in [1.82, 2.24) is 15.5 Å². The Morgan fingerprint density at radius 1 is 0.926 bits per heavy atom. The molecule has 13 nitrogen and oxygen atoms in total. The summed E-state index contributed by atoms with van der Waals surface area (Å²) in [7, 11) is 0. The number of nitrogens with two attached hydrogens (primary N) is 1. The molecule has 0 aromatic rings. The number of rotatable bonds is 15. The molecule has 0 fully saturated rings. The molecule has 13 heteroatoms. The highest BCUT2D eigenvalue weighted by Gasteiger charge is 2.29. The molecule has 0 bridgehead atoms. The van der Waals surface area contributed by atoms with Crippen LogP contribution >= 0.6 is 0 Å². The first-order valence-electron chi connectivity index (χ1n) is 7.91. The highest BCUT2D eigenvalue weighted by molar-refractivity contribution is 5.97. The molecule has 0 spiro atoms. The molecule has 0 aliphatic carbocycles. The minimum absolute atomic E-state index is 0.0318. The molecule has 1 unspecified atom stereocenters. The molecule has 0 saturated carbocycles. The van der Waals surface area contributed by atoms with Gasteiger partial charge in [0.2, 0.25) is 11.9 Å². The van der Waals surface area contributed by atoms with E-state index >= 15 is 0 Å². The lowest BCUT2D eigenvalue weighted by molar-refractivity contribution is -0.152. The van der Waals surface area contributed by atoms with Crippen molar-refractivity contribution in [1.29, 1.82) is 0 Å². The molecule has 0 saturated heterocycles. The zero-order valence-electron chi connectivity index (χ0n) is 14.5. The standard InChI is InChI=1S/C14H24N4O9/c15-3-4-16-9(19)2-1-8(5-17-12(13(24)25)14(26)27)18(6-10(20)21)7-11(22)23/h8,12,17H,1-7,15H2,(H,16,19)(H,20,21)(H,22,23)(H,24,25)(H,26,27). The predicted octanol–water partition coefficient (Wildman–Crippen LogP) is -3.19. The summed E-state index contributed by atoms with van der Waals surface area (Å²) in [6.45, 7) is -1.30. The van der Waals surface area contributed by atoms with Crippen molar-refractivity contribution in [3.8, 4) is 0 Å². The van der Waals surface area contributed by atoms with Gasteiger partial charge >= 0.3 is 23.9 Å². The molecule has 8 N–H and O–H groups in total. The zero-order chi connectivity index (χ0) is 21.0. The van der Waals surface area contributed by atoms with Gasteiger partial charge in [0.25, 0.3) is 0 Å². The van der Waals surface area contributed by atoms with E-state index in [4.69, 9.17) is 26.2 Å². The van der Waals surface area contributed by atoms with Crippen molar-refractivity contribution in [2.24, 2.45) is 5.73 Å². The van der Waals surface area contributed by atoms with Gasteiger partial charge in [0, 0.05) is 32.1 Å². The summed E-state index contributed by atoms with van der Waals surface area (Å²) in [4.78, 5) is 56.6. The first-order chi connectivity index (χ1) is 12.6. The molecule has 0 rings (SSSR count). The van der Waals surface area contributed by atoms with E-state index in [1.54, 1.807) is 0 Å². The Hall–Kier alpha value is -2.77. The monoisotopic (exact) mass is 392 g/mol. The first kappa shape index (κ1) is 24.2. The minimum atomic E-state index is -1.96. The van der Waals surface area contributed by atoms with E-state index in [1.165, 1.54) is 0 Å². The van der Waals surface area contributed by atoms with Gasteiger partial charge in [-0.25, -0.2) is 9.59 Å². The van der Waals surface area contributed by atoms with Crippen LogP contribution in [0.1, 0.15) is 12.8 Å². The van der Waals surface area contributed by atoms with Crippen LogP contribution in [0.3, 0.4) is 0 Å². The molecule has 0 radical (unpaired) electrons. The van der Waals surface area contributed by atoms with E-state index in [-0.39, 0.29) is 32.5 Å². The number of hydrogen-bond donors (Lipinski definition) is 7. The predicted molar refractivity (Wildman–Crippen MR) is 89.0 cm³/mol. The topological polar surface area (TPSA) is 220 Å². The Balaban J connectivity index is 5.21. The Bertz CT molecular complexity index is 525. The van der Waals surface area contributed by atoms with Crippen LogP contribution in [0.25, 0.3) is 0 Å². The van der Waals surface area contributed by atoms with E-state index in [1.807, 2.05) is 0 Å². The van der Waals surface area contributed by atoms with Gasteiger partial charge in [-0.1, -0.05) is 0 Å². The second-order valence-electron chi connectivity index (χ2n) is 5.54. The number of nitrogens with zero attached hydrogens (tertiary/aromatic N) is 1. The van der Waals surface area contributed by atoms with Gasteiger partial charge in [0.15, 0.2) is 0 Å². The van der Waals surface area contributed by atoms with Crippen LogP contribution in [0.15, 0.2) is 0 Å². The Kier molecular flexibility index (Phi) is 11.3. The largest absolute Gasteiger partial charge is 0.480 e.